The van der Waals surface area contributed by atoms with Gasteiger partial charge in [0, 0.05) is 25.4 Å². The van der Waals surface area contributed by atoms with Crippen LogP contribution in [0.15, 0.2) is 16.8 Å². The van der Waals surface area contributed by atoms with Crippen molar-refractivity contribution in [3.8, 4) is 0 Å². The largest absolute Gasteiger partial charge is 0.387 e. The molecule has 2 aliphatic rings. The molecule has 1 aliphatic heterocycles. The van der Waals surface area contributed by atoms with E-state index in [0.717, 1.165) is 25.8 Å². The number of β-amino-alcohol motifs (C(OH)–C–C–N with tert-alkyl or cyclic N) is 1. The van der Waals surface area contributed by atoms with Gasteiger partial charge in [-0.3, -0.25) is 4.79 Å². The number of thiophene rings is 1. The van der Waals surface area contributed by atoms with Gasteiger partial charge in [0.25, 0.3) is 0 Å². The average Bonchev–Trinajstić information content (AvgIpc) is 2.94. The molecule has 2 heterocycles. The second-order valence-electron chi connectivity index (χ2n) is 6.43. The van der Waals surface area contributed by atoms with Crippen molar-refractivity contribution < 1.29 is 9.90 Å². The van der Waals surface area contributed by atoms with E-state index in [4.69, 9.17) is 0 Å². The molecule has 2 unspecified atom stereocenters. The minimum Gasteiger partial charge on any atom is -0.387 e. The molecule has 0 spiro atoms. The molecule has 1 saturated carbocycles. The van der Waals surface area contributed by atoms with Crippen LogP contribution in [-0.4, -0.2) is 34.6 Å². The number of carbonyl (C=O) groups excluding carboxylic acids is 1. The highest BCUT2D eigenvalue weighted by Gasteiger charge is 2.50. The van der Waals surface area contributed by atoms with Crippen LogP contribution in [0, 0.1) is 11.8 Å². The molecular weight excluding hydrogens is 270 g/mol. The lowest BCUT2D eigenvalue weighted by Gasteiger charge is -2.41. The van der Waals surface area contributed by atoms with E-state index in [1.165, 1.54) is 12.0 Å². The topological polar surface area (TPSA) is 40.5 Å². The third kappa shape index (κ3) is 2.51. The Morgan fingerprint density at radius 3 is 2.95 bits per heavy atom. The van der Waals surface area contributed by atoms with Gasteiger partial charge in [0.15, 0.2) is 0 Å². The zero-order valence-corrected chi connectivity index (χ0v) is 12.9. The Bertz CT molecular complexity index is 469. The molecule has 0 radical (unpaired) electrons. The van der Waals surface area contributed by atoms with Gasteiger partial charge in [0.2, 0.25) is 5.91 Å². The summed E-state index contributed by atoms with van der Waals surface area (Å²) in [5.74, 6) is 0.809. The average molecular weight is 293 g/mol. The van der Waals surface area contributed by atoms with Crippen LogP contribution in [-0.2, 0) is 11.2 Å². The van der Waals surface area contributed by atoms with Gasteiger partial charge >= 0.3 is 0 Å². The van der Waals surface area contributed by atoms with Crippen LogP contribution >= 0.6 is 11.3 Å². The van der Waals surface area contributed by atoms with Gasteiger partial charge in [-0.05, 0) is 47.6 Å². The van der Waals surface area contributed by atoms with Crippen LogP contribution in [0.2, 0.25) is 0 Å². The minimum atomic E-state index is -0.629. The zero-order valence-electron chi connectivity index (χ0n) is 12.0. The molecule has 20 heavy (non-hydrogen) atoms. The maximum Gasteiger partial charge on any atom is 0.223 e. The normalized spacial score (nSPS) is 30.5. The first-order chi connectivity index (χ1) is 9.59. The third-order valence-electron chi connectivity index (χ3n) is 5.16. The molecule has 3 nitrogen and oxygen atoms in total. The van der Waals surface area contributed by atoms with Gasteiger partial charge in [-0.1, -0.05) is 13.3 Å². The molecular formula is C16H23NO2S. The molecule has 2 fully saturated rings. The van der Waals surface area contributed by atoms with Gasteiger partial charge in [-0.15, -0.1) is 0 Å². The van der Waals surface area contributed by atoms with Gasteiger partial charge in [-0.25, -0.2) is 0 Å². The molecule has 1 aliphatic carbocycles. The first-order valence-corrected chi connectivity index (χ1v) is 8.55. The van der Waals surface area contributed by atoms with Crippen LogP contribution in [0.25, 0.3) is 0 Å². The van der Waals surface area contributed by atoms with Crippen LogP contribution < -0.4 is 0 Å². The van der Waals surface area contributed by atoms with E-state index in [2.05, 4.69) is 18.4 Å². The summed E-state index contributed by atoms with van der Waals surface area (Å²) in [6, 6.07) is 2.08. The predicted molar refractivity (Wildman–Crippen MR) is 80.7 cm³/mol. The SMILES string of the molecule is CC1CN(C(=O)CCc2ccsc2)CC1(O)C1CCC1. The summed E-state index contributed by atoms with van der Waals surface area (Å²) in [5, 5.41) is 15.0. The maximum absolute atomic E-state index is 12.3. The first-order valence-electron chi connectivity index (χ1n) is 7.61. The molecule has 1 amide bonds. The summed E-state index contributed by atoms with van der Waals surface area (Å²) in [6.07, 6.45) is 4.85. The maximum atomic E-state index is 12.3. The van der Waals surface area contributed by atoms with E-state index in [-0.39, 0.29) is 11.8 Å². The Morgan fingerprint density at radius 2 is 2.35 bits per heavy atom. The lowest BCUT2D eigenvalue weighted by Crippen LogP contribution is -2.48. The smallest absolute Gasteiger partial charge is 0.223 e. The van der Waals surface area contributed by atoms with Crippen molar-refractivity contribution in [3.05, 3.63) is 22.4 Å². The Morgan fingerprint density at radius 1 is 1.55 bits per heavy atom. The monoisotopic (exact) mass is 293 g/mol. The lowest BCUT2D eigenvalue weighted by atomic mass is 9.69. The number of rotatable bonds is 4. The molecule has 1 N–H and O–H groups in total. The quantitative estimate of drug-likeness (QED) is 0.927. The Hall–Kier alpha value is -0.870. The highest BCUT2D eigenvalue weighted by molar-refractivity contribution is 7.07. The molecule has 0 bridgehead atoms. The second kappa shape index (κ2) is 5.49. The molecule has 1 aromatic heterocycles. The van der Waals surface area contributed by atoms with E-state index >= 15 is 0 Å². The highest BCUT2D eigenvalue weighted by Crippen LogP contribution is 2.44. The molecule has 0 aromatic carbocycles. The number of likely N-dealkylation sites (tertiary alicyclic amines) is 1. The van der Waals surface area contributed by atoms with E-state index in [1.807, 2.05) is 10.3 Å². The van der Waals surface area contributed by atoms with E-state index in [1.54, 1.807) is 11.3 Å². The highest BCUT2D eigenvalue weighted by atomic mass is 32.1. The van der Waals surface area contributed by atoms with Gasteiger partial charge < -0.3 is 10.0 Å². The fourth-order valence-corrected chi connectivity index (χ4v) is 4.19. The number of amides is 1. The van der Waals surface area contributed by atoms with Crippen molar-refractivity contribution in [3.63, 3.8) is 0 Å². The van der Waals surface area contributed by atoms with Crippen molar-refractivity contribution in [1.29, 1.82) is 0 Å². The summed E-state index contributed by atoms with van der Waals surface area (Å²) < 4.78 is 0. The summed E-state index contributed by atoms with van der Waals surface area (Å²) in [4.78, 5) is 14.2. The fraction of sp³-hybridized carbons (Fsp3) is 0.688. The number of hydrogen-bond acceptors (Lipinski definition) is 3. The minimum absolute atomic E-state index is 0.193. The Kier molecular flexibility index (Phi) is 3.87. The second-order valence-corrected chi connectivity index (χ2v) is 7.21. The van der Waals surface area contributed by atoms with Crippen LogP contribution in [0.1, 0.15) is 38.2 Å². The van der Waals surface area contributed by atoms with Crippen molar-refractivity contribution >= 4 is 17.2 Å². The molecule has 2 atom stereocenters. The summed E-state index contributed by atoms with van der Waals surface area (Å²) >= 11 is 1.67. The first kappa shape index (κ1) is 14.1. The summed E-state index contributed by atoms with van der Waals surface area (Å²) in [6.45, 7) is 3.35. The Balaban J connectivity index is 1.56. The molecule has 1 saturated heterocycles. The number of aryl methyl sites for hydroxylation is 1. The van der Waals surface area contributed by atoms with E-state index in [9.17, 15) is 9.90 Å². The Labute approximate surface area is 124 Å². The van der Waals surface area contributed by atoms with Gasteiger partial charge in [0.1, 0.15) is 0 Å². The summed E-state index contributed by atoms with van der Waals surface area (Å²) in [5.41, 5.74) is 0.612. The van der Waals surface area contributed by atoms with E-state index in [0.29, 0.717) is 18.9 Å². The van der Waals surface area contributed by atoms with E-state index < -0.39 is 5.60 Å². The molecule has 1 aromatic rings. The summed E-state index contributed by atoms with van der Waals surface area (Å²) in [7, 11) is 0. The van der Waals surface area contributed by atoms with Crippen molar-refractivity contribution in [2.75, 3.05) is 13.1 Å². The molecule has 3 rings (SSSR count). The zero-order chi connectivity index (χ0) is 14.2. The van der Waals surface area contributed by atoms with Crippen LogP contribution in [0.3, 0.4) is 0 Å². The van der Waals surface area contributed by atoms with Crippen LogP contribution in [0.4, 0.5) is 0 Å². The number of aliphatic hydroxyl groups is 1. The predicted octanol–water partition coefficient (Wildman–Crippen LogP) is 2.69. The van der Waals surface area contributed by atoms with Gasteiger partial charge in [0.05, 0.1) is 5.60 Å². The van der Waals surface area contributed by atoms with Crippen molar-refractivity contribution in [2.24, 2.45) is 11.8 Å². The number of hydrogen-bond donors (Lipinski definition) is 1. The fourth-order valence-electron chi connectivity index (χ4n) is 3.49. The van der Waals surface area contributed by atoms with Crippen LogP contribution in [0.5, 0.6) is 0 Å². The molecule has 4 heteroatoms. The van der Waals surface area contributed by atoms with Crippen molar-refractivity contribution in [1.82, 2.24) is 4.90 Å². The number of nitrogens with zero attached hydrogens (tertiary/aromatic N) is 1. The molecule has 110 valence electrons. The lowest BCUT2D eigenvalue weighted by molar-refractivity contribution is -0.132. The number of carbonyl (C=O) groups is 1. The third-order valence-corrected chi connectivity index (χ3v) is 5.90. The standard InChI is InChI=1S/C16H23NO2S/c1-12-9-17(11-16(12,19)14-3-2-4-14)15(18)6-5-13-7-8-20-10-13/h7-8,10,12,14,19H,2-6,9,11H2,1H3. The van der Waals surface area contributed by atoms with Gasteiger partial charge in [-0.2, -0.15) is 11.3 Å². The van der Waals surface area contributed by atoms with Crippen molar-refractivity contribution in [2.45, 2.75) is 44.6 Å².